The van der Waals surface area contributed by atoms with Crippen LogP contribution >= 0.6 is 0 Å². The molecule has 0 saturated carbocycles. The first-order chi connectivity index (χ1) is 9.23. The molecule has 0 aliphatic carbocycles. The number of hydrogen-bond donors (Lipinski definition) is 0. The molecule has 8 heteroatoms. The lowest BCUT2D eigenvalue weighted by Gasteiger charge is -2.21. The van der Waals surface area contributed by atoms with Crippen molar-refractivity contribution in [1.82, 2.24) is 4.31 Å². The average Bonchev–Trinajstić information content (AvgIpc) is 2.37. The Hall–Kier alpha value is -0.990. The Kier molecular flexibility index (Phi) is 5.67. The second-order valence-corrected chi connectivity index (χ2v) is 7.60. The fourth-order valence-electron chi connectivity index (χ4n) is 1.79. The molecule has 0 aromatic heterocycles. The first-order valence-corrected chi connectivity index (χ1v) is 9.10. The van der Waals surface area contributed by atoms with Crippen LogP contribution < -0.4 is 0 Å². The van der Waals surface area contributed by atoms with Gasteiger partial charge >= 0.3 is 10.2 Å². The highest BCUT2D eigenvalue weighted by atomic mass is 32.3. The van der Waals surface area contributed by atoms with E-state index in [4.69, 9.17) is 0 Å². The maximum atomic E-state index is 13.0. The molecular weight excluding hydrogens is 305 g/mol. The fourth-order valence-corrected chi connectivity index (χ4v) is 4.04. The minimum absolute atomic E-state index is 0.210. The quantitative estimate of drug-likeness (QED) is 0.721. The van der Waals surface area contributed by atoms with Gasteiger partial charge in [-0.1, -0.05) is 19.9 Å². The third-order valence-corrected chi connectivity index (χ3v) is 5.38. The van der Waals surface area contributed by atoms with Crippen LogP contribution in [0.5, 0.6) is 0 Å². The van der Waals surface area contributed by atoms with Gasteiger partial charge in [0.25, 0.3) is 0 Å². The molecule has 0 atom stereocenters. The van der Waals surface area contributed by atoms with Crippen molar-refractivity contribution in [2.75, 3.05) is 13.1 Å². The Morgan fingerprint density at radius 2 is 1.50 bits per heavy atom. The predicted octanol–water partition coefficient (Wildman–Crippen LogP) is 2.16. The number of hydrogen-bond acceptors (Lipinski definition) is 4. The molecular formula is C12H18FNO4S2. The van der Waals surface area contributed by atoms with Gasteiger partial charge in [0.1, 0.15) is 0 Å². The molecule has 0 aliphatic rings. The van der Waals surface area contributed by atoms with Gasteiger partial charge in [0.05, 0.1) is 9.79 Å². The second kappa shape index (κ2) is 6.64. The lowest BCUT2D eigenvalue weighted by molar-refractivity contribution is 0.410. The molecule has 0 amide bonds. The molecule has 20 heavy (non-hydrogen) atoms. The molecule has 0 saturated heterocycles. The van der Waals surface area contributed by atoms with Gasteiger partial charge in [0.2, 0.25) is 10.0 Å². The van der Waals surface area contributed by atoms with Gasteiger partial charge in [-0.15, -0.1) is 3.89 Å². The van der Waals surface area contributed by atoms with E-state index in [-0.39, 0.29) is 4.90 Å². The summed E-state index contributed by atoms with van der Waals surface area (Å²) in [6.07, 6.45) is 1.28. The van der Waals surface area contributed by atoms with E-state index in [0.29, 0.717) is 25.9 Å². The minimum Gasteiger partial charge on any atom is -0.207 e. The largest absolute Gasteiger partial charge is 0.332 e. The van der Waals surface area contributed by atoms with E-state index in [1.807, 2.05) is 13.8 Å². The third-order valence-electron chi connectivity index (χ3n) is 2.67. The molecule has 5 nitrogen and oxygen atoms in total. The van der Waals surface area contributed by atoms with E-state index < -0.39 is 25.1 Å². The Labute approximate surface area is 119 Å². The van der Waals surface area contributed by atoms with Gasteiger partial charge in [0.15, 0.2) is 0 Å². The Morgan fingerprint density at radius 1 is 1.00 bits per heavy atom. The zero-order valence-electron chi connectivity index (χ0n) is 11.4. The smallest absolute Gasteiger partial charge is 0.207 e. The van der Waals surface area contributed by atoms with Gasteiger partial charge < -0.3 is 0 Å². The van der Waals surface area contributed by atoms with E-state index in [1.54, 1.807) is 0 Å². The lowest BCUT2D eigenvalue weighted by atomic mass is 10.4. The molecule has 0 N–H and O–H groups in total. The number of halogens is 1. The minimum atomic E-state index is -4.92. The van der Waals surface area contributed by atoms with Crippen molar-refractivity contribution in [3.8, 4) is 0 Å². The average molecular weight is 323 g/mol. The van der Waals surface area contributed by atoms with Crippen molar-refractivity contribution >= 4 is 20.2 Å². The van der Waals surface area contributed by atoms with E-state index >= 15 is 0 Å². The number of rotatable bonds is 7. The molecule has 114 valence electrons. The summed E-state index contributed by atoms with van der Waals surface area (Å²) >= 11 is 0. The lowest BCUT2D eigenvalue weighted by Crippen LogP contribution is -2.32. The van der Waals surface area contributed by atoms with Gasteiger partial charge in [-0.3, -0.25) is 0 Å². The van der Waals surface area contributed by atoms with Gasteiger partial charge in [-0.05, 0) is 31.0 Å². The summed E-state index contributed by atoms with van der Waals surface area (Å²) in [6, 6.07) is 4.36. The summed E-state index contributed by atoms with van der Waals surface area (Å²) in [5.41, 5.74) is 0. The van der Waals surface area contributed by atoms with Crippen molar-refractivity contribution in [2.24, 2.45) is 0 Å². The zero-order valence-corrected chi connectivity index (χ0v) is 13.0. The molecule has 0 spiro atoms. The van der Waals surface area contributed by atoms with Crippen LogP contribution in [0.4, 0.5) is 3.89 Å². The first-order valence-electron chi connectivity index (χ1n) is 6.28. The van der Waals surface area contributed by atoms with Crippen molar-refractivity contribution in [2.45, 2.75) is 36.5 Å². The van der Waals surface area contributed by atoms with Crippen molar-refractivity contribution < 1.29 is 20.7 Å². The molecule has 0 aliphatic heterocycles. The summed E-state index contributed by atoms with van der Waals surface area (Å²) in [6.45, 7) is 4.37. The van der Waals surface area contributed by atoms with Crippen LogP contribution in [0.25, 0.3) is 0 Å². The van der Waals surface area contributed by atoms with Crippen molar-refractivity contribution in [1.29, 1.82) is 0 Å². The molecule has 0 fully saturated rings. The highest BCUT2D eigenvalue weighted by molar-refractivity contribution is 7.89. The second-order valence-electron chi connectivity index (χ2n) is 4.32. The van der Waals surface area contributed by atoms with Crippen LogP contribution in [0.1, 0.15) is 26.7 Å². The van der Waals surface area contributed by atoms with Gasteiger partial charge in [-0.25, -0.2) is 8.42 Å². The summed E-state index contributed by atoms with van der Waals surface area (Å²) in [4.78, 5) is -0.857. The van der Waals surface area contributed by atoms with Gasteiger partial charge in [-0.2, -0.15) is 12.7 Å². The molecule has 1 aromatic rings. The molecule has 0 bridgehead atoms. The SMILES string of the molecule is CCCN(CCC)S(=O)(=O)c1cccc(S(=O)(=O)F)c1. The van der Waals surface area contributed by atoms with Crippen LogP contribution in [0, 0.1) is 0 Å². The van der Waals surface area contributed by atoms with Crippen LogP contribution in [0.15, 0.2) is 34.1 Å². The summed E-state index contributed by atoms with van der Waals surface area (Å²) in [5.74, 6) is 0. The highest BCUT2D eigenvalue weighted by Gasteiger charge is 2.24. The number of benzene rings is 1. The van der Waals surface area contributed by atoms with E-state index in [9.17, 15) is 20.7 Å². The molecule has 1 rings (SSSR count). The van der Waals surface area contributed by atoms with Crippen LogP contribution in [0.2, 0.25) is 0 Å². The molecule has 0 unspecified atom stereocenters. The predicted molar refractivity (Wildman–Crippen MR) is 74.1 cm³/mol. The maximum Gasteiger partial charge on any atom is 0.332 e. The van der Waals surface area contributed by atoms with Crippen molar-refractivity contribution in [3.63, 3.8) is 0 Å². The fraction of sp³-hybridized carbons (Fsp3) is 0.500. The van der Waals surface area contributed by atoms with E-state index in [1.165, 1.54) is 16.4 Å². The van der Waals surface area contributed by atoms with Gasteiger partial charge in [0, 0.05) is 13.1 Å². The topological polar surface area (TPSA) is 71.5 Å². The molecule has 0 heterocycles. The maximum absolute atomic E-state index is 13.0. The van der Waals surface area contributed by atoms with E-state index in [0.717, 1.165) is 12.1 Å². The number of nitrogens with zero attached hydrogens (tertiary/aromatic N) is 1. The number of sulfonamides is 1. The Morgan fingerprint density at radius 3 is 1.95 bits per heavy atom. The standard InChI is InChI=1S/C12H18FNO4S2/c1-3-8-14(9-4-2)20(17,18)12-7-5-6-11(10-12)19(13,15)16/h5-7,10H,3-4,8-9H2,1-2H3. The normalized spacial score (nSPS) is 12.8. The van der Waals surface area contributed by atoms with Crippen molar-refractivity contribution in [3.05, 3.63) is 24.3 Å². The van der Waals surface area contributed by atoms with Crippen LogP contribution in [-0.4, -0.2) is 34.2 Å². The summed E-state index contributed by atoms with van der Waals surface area (Å²) < 4.78 is 60.7. The zero-order chi connectivity index (χ0) is 15.4. The first kappa shape index (κ1) is 17.1. The molecule has 0 radical (unpaired) electrons. The summed E-state index contributed by atoms with van der Waals surface area (Å²) in [5, 5.41) is 0. The monoisotopic (exact) mass is 323 g/mol. The van der Waals surface area contributed by atoms with E-state index in [2.05, 4.69) is 0 Å². The van der Waals surface area contributed by atoms with Crippen LogP contribution in [-0.2, 0) is 20.2 Å². The van der Waals surface area contributed by atoms with Crippen LogP contribution in [0.3, 0.4) is 0 Å². The molecule has 1 aromatic carbocycles. The Balaban J connectivity index is 3.27. The Bertz CT molecular complexity index is 650. The summed E-state index contributed by atoms with van der Waals surface area (Å²) in [7, 11) is -8.72. The third kappa shape index (κ3) is 4.00. The highest BCUT2D eigenvalue weighted by Crippen LogP contribution is 2.21.